The monoisotopic (exact) mass is 292 g/mol. The Morgan fingerprint density at radius 3 is 2.35 bits per heavy atom. The lowest BCUT2D eigenvalue weighted by Crippen LogP contribution is -2.20. The number of aliphatic hydroxyl groups is 1. The zero-order valence-corrected chi connectivity index (χ0v) is 12.8. The molecule has 2 unspecified atom stereocenters. The minimum atomic E-state index is -0.179. The summed E-state index contributed by atoms with van der Waals surface area (Å²) < 4.78 is 20.9. The molecular formula is C14H28O6. The van der Waals surface area contributed by atoms with E-state index in [4.69, 9.17) is 24.1 Å². The third kappa shape index (κ3) is 11.2. The van der Waals surface area contributed by atoms with Crippen LogP contribution in [-0.2, 0) is 23.7 Å². The van der Waals surface area contributed by atoms with Gasteiger partial charge in [-0.3, -0.25) is 4.79 Å². The van der Waals surface area contributed by atoms with E-state index >= 15 is 0 Å². The Hall–Kier alpha value is -0.690. The molecular weight excluding hydrogens is 264 g/mol. The summed E-state index contributed by atoms with van der Waals surface area (Å²) in [6.45, 7) is 8.05. The fraction of sp³-hybridized carbons (Fsp3) is 0.929. The topological polar surface area (TPSA) is 74.2 Å². The first kappa shape index (κ1) is 19.3. The highest BCUT2D eigenvalue weighted by atomic mass is 16.6. The van der Waals surface area contributed by atoms with Crippen LogP contribution >= 0.6 is 0 Å². The van der Waals surface area contributed by atoms with E-state index < -0.39 is 0 Å². The Kier molecular flexibility index (Phi) is 12.8. The Bertz CT molecular complexity index is 234. The number of esters is 1. The van der Waals surface area contributed by atoms with Crippen LogP contribution in [0, 0.1) is 5.92 Å². The van der Waals surface area contributed by atoms with Crippen molar-refractivity contribution in [1.82, 2.24) is 0 Å². The predicted molar refractivity (Wildman–Crippen MR) is 74.6 cm³/mol. The molecule has 120 valence electrons. The average molecular weight is 292 g/mol. The summed E-state index contributed by atoms with van der Waals surface area (Å²) in [4.78, 5) is 11.3. The van der Waals surface area contributed by atoms with Gasteiger partial charge in [0.1, 0.15) is 6.61 Å². The summed E-state index contributed by atoms with van der Waals surface area (Å²) in [6.07, 6.45) is 0.739. The van der Waals surface area contributed by atoms with Gasteiger partial charge in [-0.05, 0) is 13.3 Å². The van der Waals surface area contributed by atoms with Crippen molar-refractivity contribution in [1.29, 1.82) is 0 Å². The number of carbonyl (C=O) groups excluding carboxylic acids is 1. The van der Waals surface area contributed by atoms with Crippen LogP contribution in [0.1, 0.15) is 27.2 Å². The number of hydrogen-bond donors (Lipinski definition) is 1. The molecule has 20 heavy (non-hydrogen) atoms. The van der Waals surface area contributed by atoms with E-state index in [0.717, 1.165) is 6.42 Å². The summed E-state index contributed by atoms with van der Waals surface area (Å²) in [5, 5.41) is 8.57. The van der Waals surface area contributed by atoms with E-state index in [9.17, 15) is 4.79 Å². The maximum absolute atomic E-state index is 11.3. The van der Waals surface area contributed by atoms with Gasteiger partial charge in [0.05, 0.1) is 51.7 Å². The van der Waals surface area contributed by atoms with E-state index in [2.05, 4.69) is 0 Å². The van der Waals surface area contributed by atoms with Crippen LogP contribution in [-0.4, -0.2) is 63.4 Å². The smallest absolute Gasteiger partial charge is 0.308 e. The first-order valence-electron chi connectivity index (χ1n) is 7.16. The molecule has 0 aliphatic heterocycles. The number of ether oxygens (including phenoxy) is 4. The van der Waals surface area contributed by atoms with Gasteiger partial charge >= 0.3 is 5.97 Å². The lowest BCUT2D eigenvalue weighted by molar-refractivity contribution is -0.149. The van der Waals surface area contributed by atoms with E-state index in [1.807, 2.05) is 20.8 Å². The van der Waals surface area contributed by atoms with Crippen molar-refractivity contribution in [3.63, 3.8) is 0 Å². The Morgan fingerprint density at radius 2 is 1.70 bits per heavy atom. The van der Waals surface area contributed by atoms with Gasteiger partial charge in [-0.15, -0.1) is 0 Å². The lowest BCUT2D eigenvalue weighted by atomic mass is 10.1. The lowest BCUT2D eigenvalue weighted by Gasteiger charge is -2.13. The number of aliphatic hydroxyl groups excluding tert-OH is 1. The standard InChI is InChI=1S/C14H28O6/c1-4-12(2)14(16)20-10-9-17-7-8-18-11-13(3)19-6-5-15/h12-13,15H,4-11H2,1-3H3. The summed E-state index contributed by atoms with van der Waals surface area (Å²) in [5.74, 6) is -0.235. The predicted octanol–water partition coefficient (Wildman–Crippen LogP) is 1.01. The van der Waals surface area contributed by atoms with Crippen LogP contribution in [0.4, 0.5) is 0 Å². The van der Waals surface area contributed by atoms with E-state index in [1.165, 1.54) is 0 Å². The number of rotatable bonds is 13. The second-order valence-electron chi connectivity index (χ2n) is 4.57. The molecule has 6 nitrogen and oxygen atoms in total. The third-order valence-corrected chi connectivity index (χ3v) is 2.70. The molecule has 6 heteroatoms. The van der Waals surface area contributed by atoms with E-state index in [0.29, 0.717) is 33.0 Å². The SMILES string of the molecule is CCC(C)C(=O)OCCOCCOCC(C)OCCO. The molecule has 0 aromatic heterocycles. The molecule has 0 spiro atoms. The van der Waals surface area contributed by atoms with Gasteiger partial charge in [0.25, 0.3) is 0 Å². The Balaban J connectivity index is 3.26. The fourth-order valence-electron chi connectivity index (χ4n) is 1.28. The van der Waals surface area contributed by atoms with Crippen LogP contribution in [0.15, 0.2) is 0 Å². The molecule has 0 heterocycles. The highest BCUT2D eigenvalue weighted by molar-refractivity contribution is 5.71. The molecule has 0 aliphatic rings. The Morgan fingerprint density at radius 1 is 1.05 bits per heavy atom. The van der Waals surface area contributed by atoms with Gasteiger partial charge in [0.2, 0.25) is 0 Å². The van der Waals surface area contributed by atoms with Crippen molar-refractivity contribution < 1.29 is 28.8 Å². The Labute approximate surface area is 121 Å². The van der Waals surface area contributed by atoms with Crippen LogP contribution in [0.5, 0.6) is 0 Å². The van der Waals surface area contributed by atoms with Crippen LogP contribution in [0.2, 0.25) is 0 Å². The van der Waals surface area contributed by atoms with Crippen molar-refractivity contribution in [3.05, 3.63) is 0 Å². The molecule has 1 N–H and O–H groups in total. The van der Waals surface area contributed by atoms with Crippen LogP contribution < -0.4 is 0 Å². The second kappa shape index (κ2) is 13.3. The van der Waals surface area contributed by atoms with Gasteiger partial charge in [0.15, 0.2) is 0 Å². The molecule has 0 aromatic carbocycles. The zero-order valence-electron chi connectivity index (χ0n) is 12.8. The third-order valence-electron chi connectivity index (χ3n) is 2.70. The van der Waals surface area contributed by atoms with Crippen LogP contribution in [0.3, 0.4) is 0 Å². The number of carbonyl (C=O) groups is 1. The fourth-order valence-corrected chi connectivity index (χ4v) is 1.28. The molecule has 0 aliphatic carbocycles. The van der Waals surface area contributed by atoms with Gasteiger partial charge in [0, 0.05) is 0 Å². The van der Waals surface area contributed by atoms with Crippen molar-refractivity contribution in [2.24, 2.45) is 5.92 Å². The van der Waals surface area contributed by atoms with E-state index in [-0.39, 0.29) is 31.2 Å². The van der Waals surface area contributed by atoms with Gasteiger partial charge < -0.3 is 24.1 Å². The molecule has 2 atom stereocenters. The molecule has 0 saturated carbocycles. The second-order valence-corrected chi connectivity index (χ2v) is 4.57. The zero-order chi connectivity index (χ0) is 15.2. The van der Waals surface area contributed by atoms with Crippen molar-refractivity contribution in [3.8, 4) is 0 Å². The van der Waals surface area contributed by atoms with Crippen molar-refractivity contribution >= 4 is 5.97 Å². The largest absolute Gasteiger partial charge is 0.463 e. The molecule has 0 aromatic rings. The average Bonchev–Trinajstić information content (AvgIpc) is 2.46. The molecule has 0 bridgehead atoms. The quantitative estimate of drug-likeness (QED) is 0.403. The highest BCUT2D eigenvalue weighted by Gasteiger charge is 2.11. The summed E-state index contributed by atoms with van der Waals surface area (Å²) >= 11 is 0. The van der Waals surface area contributed by atoms with Crippen LogP contribution in [0.25, 0.3) is 0 Å². The summed E-state index contributed by atoms with van der Waals surface area (Å²) in [7, 11) is 0. The van der Waals surface area contributed by atoms with Gasteiger partial charge in [-0.2, -0.15) is 0 Å². The molecule has 0 radical (unpaired) electrons. The molecule has 0 rings (SSSR count). The highest BCUT2D eigenvalue weighted by Crippen LogP contribution is 2.02. The summed E-state index contributed by atoms with van der Waals surface area (Å²) in [5.41, 5.74) is 0. The molecule has 0 saturated heterocycles. The minimum Gasteiger partial charge on any atom is -0.463 e. The molecule has 0 fully saturated rings. The summed E-state index contributed by atoms with van der Waals surface area (Å²) in [6, 6.07) is 0. The maximum Gasteiger partial charge on any atom is 0.308 e. The van der Waals surface area contributed by atoms with Crippen molar-refractivity contribution in [2.75, 3.05) is 46.2 Å². The first-order chi connectivity index (χ1) is 9.61. The maximum atomic E-state index is 11.3. The normalized spacial score (nSPS) is 14.0. The van der Waals surface area contributed by atoms with Gasteiger partial charge in [-0.25, -0.2) is 0 Å². The number of hydrogen-bond acceptors (Lipinski definition) is 6. The molecule has 0 amide bonds. The van der Waals surface area contributed by atoms with Crippen molar-refractivity contribution in [2.45, 2.75) is 33.3 Å². The minimum absolute atomic E-state index is 0.0167. The van der Waals surface area contributed by atoms with E-state index in [1.54, 1.807) is 0 Å². The first-order valence-corrected chi connectivity index (χ1v) is 7.16. The van der Waals surface area contributed by atoms with Gasteiger partial charge in [-0.1, -0.05) is 13.8 Å².